The summed E-state index contributed by atoms with van der Waals surface area (Å²) < 4.78 is 5.40. The fraction of sp³-hybridized carbons (Fsp3) is 0.483. The molecule has 0 bridgehead atoms. The molecule has 9 heteroatoms. The van der Waals surface area contributed by atoms with Gasteiger partial charge in [-0.1, -0.05) is 61.9 Å². The number of hydrogen-bond acceptors (Lipinski definition) is 6. The highest BCUT2D eigenvalue weighted by Crippen LogP contribution is 2.30. The molecule has 9 nitrogen and oxygen atoms in total. The Balaban J connectivity index is 2.52. The van der Waals surface area contributed by atoms with Gasteiger partial charge in [-0.15, -0.1) is 0 Å². The third-order valence-electron chi connectivity index (χ3n) is 5.80. The van der Waals surface area contributed by atoms with Crippen molar-refractivity contribution in [2.24, 2.45) is 0 Å². The normalized spacial score (nSPS) is 13.6. The zero-order chi connectivity index (χ0) is 28.3. The van der Waals surface area contributed by atoms with Crippen molar-refractivity contribution >= 4 is 17.9 Å². The van der Waals surface area contributed by atoms with Gasteiger partial charge in [-0.25, -0.2) is 4.79 Å². The van der Waals surface area contributed by atoms with Gasteiger partial charge in [0.1, 0.15) is 23.4 Å². The average molecular weight is 528 g/mol. The summed E-state index contributed by atoms with van der Waals surface area (Å²) in [6.45, 7) is 8.38. The lowest BCUT2D eigenvalue weighted by atomic mass is 9.99. The van der Waals surface area contributed by atoms with Crippen LogP contribution >= 0.6 is 0 Å². The summed E-state index contributed by atoms with van der Waals surface area (Å²) in [5.74, 6) is -1.25. The second-order valence-electron chi connectivity index (χ2n) is 10.3. The topological polar surface area (TPSA) is 128 Å². The molecule has 0 aliphatic rings. The van der Waals surface area contributed by atoms with Crippen LogP contribution in [0.2, 0.25) is 0 Å². The molecule has 3 amide bonds. The molecule has 3 atom stereocenters. The number of aromatic hydroxyl groups is 1. The highest BCUT2D eigenvalue weighted by Gasteiger charge is 2.37. The maximum atomic E-state index is 14.1. The maximum Gasteiger partial charge on any atom is 0.408 e. The molecule has 38 heavy (non-hydrogen) atoms. The first-order chi connectivity index (χ1) is 18.0. The molecule has 208 valence electrons. The summed E-state index contributed by atoms with van der Waals surface area (Å²) in [5.41, 5.74) is 0.209. The van der Waals surface area contributed by atoms with E-state index < -0.39 is 42.2 Å². The number of phenolic OH excluding ortho intramolecular Hbond substituents is 1. The summed E-state index contributed by atoms with van der Waals surface area (Å²) in [6, 6.07) is 12.9. The van der Waals surface area contributed by atoms with Crippen LogP contribution in [0, 0.1) is 0 Å². The van der Waals surface area contributed by atoms with Crippen LogP contribution in [-0.2, 0) is 20.7 Å². The maximum absolute atomic E-state index is 14.1. The van der Waals surface area contributed by atoms with Gasteiger partial charge in [0.2, 0.25) is 11.8 Å². The lowest BCUT2D eigenvalue weighted by Gasteiger charge is -2.35. The van der Waals surface area contributed by atoms with E-state index in [1.165, 1.54) is 11.0 Å². The Morgan fingerprint density at radius 2 is 1.63 bits per heavy atom. The van der Waals surface area contributed by atoms with Gasteiger partial charge in [0.25, 0.3) is 0 Å². The Kier molecular flexibility index (Phi) is 11.6. The largest absolute Gasteiger partial charge is 0.508 e. The average Bonchev–Trinajstić information content (AvgIpc) is 2.83. The molecular formula is C29H41N3O6. The van der Waals surface area contributed by atoms with Crippen LogP contribution in [0.4, 0.5) is 4.79 Å². The highest BCUT2D eigenvalue weighted by molar-refractivity contribution is 5.92. The number of ether oxygens (including phenoxy) is 1. The van der Waals surface area contributed by atoms with Crippen LogP contribution in [-0.4, -0.2) is 63.9 Å². The molecular weight excluding hydrogens is 486 g/mol. The number of para-hydroxylation sites is 1. The highest BCUT2D eigenvalue weighted by atomic mass is 16.6. The molecule has 3 unspecified atom stereocenters. The Morgan fingerprint density at radius 3 is 2.21 bits per heavy atom. The van der Waals surface area contributed by atoms with E-state index in [0.717, 1.165) is 18.4 Å². The zero-order valence-electron chi connectivity index (χ0n) is 22.9. The minimum atomic E-state index is -1.24. The Hall–Kier alpha value is -3.59. The second kappa shape index (κ2) is 14.4. The zero-order valence-corrected chi connectivity index (χ0v) is 22.9. The molecule has 0 heterocycles. The smallest absolute Gasteiger partial charge is 0.408 e. The Bertz CT molecular complexity index is 1050. The van der Waals surface area contributed by atoms with Crippen LogP contribution in [0.15, 0.2) is 54.6 Å². The molecule has 0 aliphatic carbocycles. The predicted octanol–water partition coefficient (Wildman–Crippen LogP) is 3.70. The van der Waals surface area contributed by atoms with Crippen LogP contribution in [0.1, 0.15) is 64.6 Å². The number of aliphatic hydroxyl groups is 1. The molecule has 4 N–H and O–H groups in total. The molecule has 0 radical (unpaired) electrons. The number of carbonyl (C=O) groups is 3. The van der Waals surface area contributed by atoms with Gasteiger partial charge in [0, 0.05) is 24.6 Å². The lowest BCUT2D eigenvalue weighted by Crippen LogP contribution is -2.55. The van der Waals surface area contributed by atoms with Crippen molar-refractivity contribution < 1.29 is 29.3 Å². The number of benzene rings is 2. The molecule has 2 rings (SSSR count). The molecule has 2 aromatic carbocycles. The third kappa shape index (κ3) is 9.37. The van der Waals surface area contributed by atoms with Crippen LogP contribution in [0.3, 0.4) is 0 Å². The van der Waals surface area contributed by atoms with Crippen molar-refractivity contribution in [3.8, 4) is 5.75 Å². The lowest BCUT2D eigenvalue weighted by molar-refractivity contribution is -0.143. The fourth-order valence-electron chi connectivity index (χ4n) is 4.17. The number of rotatable bonds is 12. The van der Waals surface area contributed by atoms with Crippen molar-refractivity contribution in [1.82, 2.24) is 15.5 Å². The Morgan fingerprint density at radius 1 is 1.00 bits per heavy atom. The number of alkyl carbamates (subject to hydrolysis) is 1. The first-order valence-electron chi connectivity index (χ1n) is 13.0. The molecule has 0 aliphatic heterocycles. The van der Waals surface area contributed by atoms with Gasteiger partial charge in [0.15, 0.2) is 0 Å². The second-order valence-corrected chi connectivity index (χ2v) is 10.3. The van der Waals surface area contributed by atoms with E-state index in [4.69, 9.17) is 4.74 Å². The van der Waals surface area contributed by atoms with Gasteiger partial charge in [-0.3, -0.25) is 9.59 Å². The van der Waals surface area contributed by atoms with E-state index in [1.807, 2.05) is 44.2 Å². The van der Waals surface area contributed by atoms with Crippen LogP contribution < -0.4 is 10.6 Å². The number of phenols is 1. The van der Waals surface area contributed by atoms with E-state index in [0.29, 0.717) is 0 Å². The number of hydrogen-bond donors (Lipinski definition) is 4. The minimum absolute atomic E-state index is 0.127. The van der Waals surface area contributed by atoms with Crippen molar-refractivity contribution in [1.29, 1.82) is 0 Å². The van der Waals surface area contributed by atoms with E-state index >= 15 is 0 Å². The van der Waals surface area contributed by atoms with Gasteiger partial charge in [-0.2, -0.15) is 0 Å². The van der Waals surface area contributed by atoms with Crippen molar-refractivity contribution in [2.45, 2.75) is 77.6 Å². The molecule has 0 spiro atoms. The first kappa shape index (κ1) is 30.6. The summed E-state index contributed by atoms with van der Waals surface area (Å²) in [7, 11) is 0. The van der Waals surface area contributed by atoms with Crippen molar-refractivity contribution in [3.63, 3.8) is 0 Å². The quantitative estimate of drug-likeness (QED) is 0.333. The van der Waals surface area contributed by atoms with Crippen molar-refractivity contribution in [3.05, 3.63) is 65.7 Å². The third-order valence-corrected chi connectivity index (χ3v) is 5.80. The molecule has 2 aromatic rings. The molecule has 0 saturated heterocycles. The fourth-order valence-corrected chi connectivity index (χ4v) is 4.17. The molecule has 0 fully saturated rings. The summed E-state index contributed by atoms with van der Waals surface area (Å²) in [6.07, 6.45) is 0.920. The first-order valence-corrected chi connectivity index (χ1v) is 13.0. The van der Waals surface area contributed by atoms with E-state index in [-0.39, 0.29) is 30.3 Å². The van der Waals surface area contributed by atoms with Gasteiger partial charge in [-0.05, 0) is 45.7 Å². The van der Waals surface area contributed by atoms with Crippen molar-refractivity contribution in [2.75, 3.05) is 13.2 Å². The van der Waals surface area contributed by atoms with Crippen LogP contribution in [0.5, 0.6) is 5.75 Å². The number of nitrogens with zero attached hydrogens (tertiary/aromatic N) is 1. The molecule has 0 saturated carbocycles. The van der Waals surface area contributed by atoms with Crippen LogP contribution in [0.25, 0.3) is 0 Å². The standard InChI is InChI=1S/C29H41N3O6/c1-6-12-20(2)30-26(35)25(22-15-10-11-16-24(22)34)32(17-18-33)27(36)23(19-21-13-8-7-9-14-21)31-28(37)38-29(3,4)5/h7-11,13-16,20,23,25,33-34H,6,12,17-19H2,1-5H3,(H,30,35)(H,31,37). The van der Waals surface area contributed by atoms with Gasteiger partial charge < -0.3 is 30.5 Å². The van der Waals surface area contributed by atoms with E-state index in [1.54, 1.807) is 39.0 Å². The van der Waals surface area contributed by atoms with Gasteiger partial charge in [0.05, 0.1) is 6.61 Å². The van der Waals surface area contributed by atoms with Gasteiger partial charge >= 0.3 is 6.09 Å². The monoisotopic (exact) mass is 527 g/mol. The summed E-state index contributed by atoms with van der Waals surface area (Å²) in [5, 5.41) is 26.1. The number of nitrogens with one attached hydrogen (secondary N) is 2. The number of aliphatic hydroxyl groups excluding tert-OH is 1. The Labute approximate surface area is 225 Å². The molecule has 0 aromatic heterocycles. The number of carbonyl (C=O) groups excluding carboxylic acids is 3. The van der Waals surface area contributed by atoms with E-state index in [9.17, 15) is 24.6 Å². The van der Waals surface area contributed by atoms with E-state index in [2.05, 4.69) is 10.6 Å². The summed E-state index contributed by atoms with van der Waals surface area (Å²) >= 11 is 0. The number of amides is 3. The predicted molar refractivity (Wildman–Crippen MR) is 145 cm³/mol. The minimum Gasteiger partial charge on any atom is -0.508 e. The summed E-state index contributed by atoms with van der Waals surface area (Å²) in [4.78, 5) is 41.6. The SMILES string of the molecule is CCCC(C)NC(=O)C(c1ccccc1O)N(CCO)C(=O)C(Cc1ccccc1)NC(=O)OC(C)(C)C.